The van der Waals surface area contributed by atoms with Crippen LogP contribution in [0, 0.1) is 18.8 Å². The maximum atomic E-state index is 12.8. The second-order valence-electron chi connectivity index (χ2n) is 10.5. The van der Waals surface area contributed by atoms with E-state index in [1.54, 1.807) is 0 Å². The Hall–Kier alpha value is -3.67. The van der Waals surface area contributed by atoms with Crippen molar-refractivity contribution < 1.29 is 14.3 Å². The molecule has 1 fully saturated rings. The number of rotatable bonds is 7. The first-order valence-corrected chi connectivity index (χ1v) is 13.6. The third-order valence-corrected chi connectivity index (χ3v) is 7.65. The molecule has 6 heteroatoms. The minimum absolute atomic E-state index is 0.0843. The van der Waals surface area contributed by atoms with E-state index < -0.39 is 0 Å². The maximum Gasteiger partial charge on any atom is 0.305 e. The van der Waals surface area contributed by atoms with E-state index in [2.05, 4.69) is 72.4 Å². The Kier molecular flexibility index (Phi) is 9.16. The number of methoxy groups -OCH3 is 1. The molecule has 1 aromatic carbocycles. The quantitative estimate of drug-likeness (QED) is 0.442. The van der Waals surface area contributed by atoms with Gasteiger partial charge in [0.15, 0.2) is 0 Å². The van der Waals surface area contributed by atoms with Gasteiger partial charge in [-0.25, -0.2) is 4.98 Å². The molecule has 0 radical (unpaired) electrons. The van der Waals surface area contributed by atoms with Gasteiger partial charge in [0, 0.05) is 19.5 Å². The molecule has 200 valence electrons. The van der Waals surface area contributed by atoms with Crippen LogP contribution < -0.4 is 10.2 Å². The molecule has 2 aliphatic rings. The van der Waals surface area contributed by atoms with Gasteiger partial charge in [-0.2, -0.15) is 0 Å². The summed E-state index contributed by atoms with van der Waals surface area (Å²) in [6.45, 7) is 8.28. The van der Waals surface area contributed by atoms with Crippen LogP contribution in [0.1, 0.15) is 56.2 Å². The van der Waals surface area contributed by atoms with Crippen LogP contribution in [-0.4, -0.2) is 37.1 Å². The molecule has 4 rings (SSSR count). The van der Waals surface area contributed by atoms with Crippen LogP contribution in [-0.2, 0) is 20.7 Å². The van der Waals surface area contributed by atoms with Crippen LogP contribution in [0.5, 0.6) is 0 Å². The number of anilines is 2. The lowest BCUT2D eigenvalue weighted by Gasteiger charge is -2.22. The summed E-state index contributed by atoms with van der Waals surface area (Å²) in [7, 11) is 1.45. The normalized spacial score (nSPS) is 19.6. The third kappa shape index (κ3) is 7.21. The first-order chi connectivity index (χ1) is 18.3. The number of ether oxygens (including phenoxy) is 1. The second kappa shape index (κ2) is 12.7. The molecule has 0 saturated carbocycles. The van der Waals surface area contributed by atoms with E-state index in [1.807, 2.05) is 24.4 Å². The molecular weight excluding hydrogens is 474 g/mol. The van der Waals surface area contributed by atoms with Crippen molar-refractivity contribution in [1.29, 1.82) is 0 Å². The predicted octanol–water partition coefficient (Wildman–Crippen LogP) is 6.28. The maximum absolute atomic E-state index is 12.8. The third-order valence-electron chi connectivity index (χ3n) is 7.65. The number of carbonyl (C=O) groups is 2. The number of amides is 1. The molecule has 2 heterocycles. The van der Waals surface area contributed by atoms with Crippen LogP contribution in [0.4, 0.5) is 11.5 Å². The summed E-state index contributed by atoms with van der Waals surface area (Å²) < 4.78 is 4.83. The minimum Gasteiger partial charge on any atom is -0.469 e. The summed E-state index contributed by atoms with van der Waals surface area (Å²) >= 11 is 0. The molecule has 1 saturated heterocycles. The van der Waals surface area contributed by atoms with Crippen molar-refractivity contribution in [2.45, 2.75) is 52.9 Å². The number of benzene rings is 1. The summed E-state index contributed by atoms with van der Waals surface area (Å²) in [5.41, 5.74) is 6.89. The molecule has 1 aliphatic carbocycles. The Balaban J connectivity index is 1.33. The molecule has 2 aromatic rings. The highest BCUT2D eigenvalue weighted by Gasteiger charge is 2.20. The first-order valence-electron chi connectivity index (χ1n) is 13.6. The monoisotopic (exact) mass is 513 g/mol. The van der Waals surface area contributed by atoms with Crippen LogP contribution >= 0.6 is 0 Å². The fraction of sp³-hybridized carbons (Fsp3) is 0.406. The van der Waals surface area contributed by atoms with Crippen molar-refractivity contribution in [1.82, 2.24) is 4.98 Å². The van der Waals surface area contributed by atoms with Crippen molar-refractivity contribution in [3.05, 3.63) is 83.1 Å². The molecule has 0 bridgehead atoms. The van der Waals surface area contributed by atoms with E-state index in [9.17, 15) is 9.59 Å². The summed E-state index contributed by atoms with van der Waals surface area (Å²) in [5.74, 6) is 1.13. The number of carbonyl (C=O) groups excluding carboxylic acids is 2. The molecule has 1 amide bonds. The van der Waals surface area contributed by atoms with Crippen LogP contribution in [0.3, 0.4) is 0 Å². The van der Waals surface area contributed by atoms with Crippen LogP contribution in [0.25, 0.3) is 5.57 Å². The van der Waals surface area contributed by atoms with Crippen LogP contribution in [0.15, 0.2) is 66.4 Å². The molecule has 38 heavy (non-hydrogen) atoms. The lowest BCUT2D eigenvalue weighted by Crippen LogP contribution is -2.24. The van der Waals surface area contributed by atoms with E-state index in [0.717, 1.165) is 49.2 Å². The molecule has 1 N–H and O–H groups in total. The molecular formula is C32H39N3O3. The number of allylic oxidation sites excluding steroid dienone is 6. The Morgan fingerprint density at radius 3 is 2.71 bits per heavy atom. The van der Waals surface area contributed by atoms with E-state index in [-0.39, 0.29) is 11.9 Å². The number of hydrogen-bond acceptors (Lipinski definition) is 5. The molecule has 6 nitrogen and oxygen atoms in total. The van der Waals surface area contributed by atoms with Gasteiger partial charge < -0.3 is 15.0 Å². The number of esters is 1. The van der Waals surface area contributed by atoms with Gasteiger partial charge in [0.1, 0.15) is 5.82 Å². The Labute approximate surface area is 226 Å². The van der Waals surface area contributed by atoms with Gasteiger partial charge in [0.25, 0.3) is 0 Å². The zero-order valence-corrected chi connectivity index (χ0v) is 23.0. The van der Waals surface area contributed by atoms with E-state index >= 15 is 0 Å². The average Bonchev–Trinajstić information content (AvgIpc) is 3.22. The van der Waals surface area contributed by atoms with Gasteiger partial charge in [-0.05, 0) is 79.3 Å². The van der Waals surface area contributed by atoms with Gasteiger partial charge in [-0.15, -0.1) is 0 Å². The number of nitrogens with one attached hydrogen (secondary N) is 1. The van der Waals surface area contributed by atoms with Gasteiger partial charge in [0.2, 0.25) is 5.91 Å². The molecule has 1 aliphatic heterocycles. The molecule has 2 unspecified atom stereocenters. The van der Waals surface area contributed by atoms with Crippen molar-refractivity contribution in [2.75, 3.05) is 30.4 Å². The molecule has 2 atom stereocenters. The number of aromatic nitrogens is 1. The number of hydrogen-bond donors (Lipinski definition) is 1. The second-order valence-corrected chi connectivity index (χ2v) is 10.5. The number of aryl methyl sites for hydroxylation is 1. The van der Waals surface area contributed by atoms with Gasteiger partial charge >= 0.3 is 5.97 Å². The van der Waals surface area contributed by atoms with E-state index in [1.165, 1.54) is 23.8 Å². The lowest BCUT2D eigenvalue weighted by molar-refractivity contribution is -0.141. The Morgan fingerprint density at radius 2 is 1.97 bits per heavy atom. The van der Waals surface area contributed by atoms with Crippen molar-refractivity contribution >= 4 is 29.0 Å². The highest BCUT2D eigenvalue weighted by molar-refractivity contribution is 5.91. The Bertz CT molecular complexity index is 1240. The highest BCUT2D eigenvalue weighted by atomic mass is 16.5. The summed E-state index contributed by atoms with van der Waals surface area (Å²) in [5, 5.41) is 2.93. The fourth-order valence-corrected chi connectivity index (χ4v) is 5.20. The van der Waals surface area contributed by atoms with Crippen molar-refractivity contribution in [3.8, 4) is 0 Å². The van der Waals surface area contributed by atoms with Crippen LogP contribution in [0.2, 0.25) is 0 Å². The Morgan fingerprint density at radius 1 is 1.13 bits per heavy atom. The SMILES string of the molecule is COC(=O)CC1CCCN(c2ccc(NC(=O)Cc3ccc(C4=CC=CC(C)C(C)=C4)c(C)c3)nc2)CC1. The zero-order chi connectivity index (χ0) is 27.1. The molecule has 1 aromatic heterocycles. The number of pyridine rings is 1. The minimum atomic E-state index is -0.132. The highest BCUT2D eigenvalue weighted by Crippen LogP contribution is 2.28. The van der Waals surface area contributed by atoms with Crippen molar-refractivity contribution in [3.63, 3.8) is 0 Å². The predicted molar refractivity (Wildman–Crippen MR) is 154 cm³/mol. The number of nitrogens with zero attached hydrogens (tertiary/aromatic N) is 2. The van der Waals surface area contributed by atoms with Gasteiger partial charge in [-0.3, -0.25) is 9.59 Å². The first kappa shape index (κ1) is 27.4. The summed E-state index contributed by atoms with van der Waals surface area (Å²) in [6.07, 6.45) is 14.4. The smallest absolute Gasteiger partial charge is 0.305 e. The standard InChI is InChI=1S/C32H39N3O3/c1-22-7-5-9-27(18-23(22)2)29-12-10-26(17-24(29)3)19-31(36)34-30-13-11-28(21-33-30)35-15-6-8-25(14-16-35)20-32(37)38-4/h5,7,9-13,17-18,21-22,25H,6,8,14-16,19-20H2,1-4H3,(H,33,34,36). The van der Waals surface area contributed by atoms with E-state index in [0.29, 0.717) is 30.5 Å². The van der Waals surface area contributed by atoms with E-state index in [4.69, 9.17) is 4.74 Å². The topological polar surface area (TPSA) is 71.5 Å². The fourth-order valence-electron chi connectivity index (χ4n) is 5.20. The van der Waals surface area contributed by atoms with Gasteiger partial charge in [-0.1, -0.05) is 55.0 Å². The largest absolute Gasteiger partial charge is 0.469 e. The zero-order valence-electron chi connectivity index (χ0n) is 23.0. The average molecular weight is 514 g/mol. The lowest BCUT2D eigenvalue weighted by atomic mass is 9.95. The summed E-state index contributed by atoms with van der Waals surface area (Å²) in [4.78, 5) is 31.2. The summed E-state index contributed by atoms with van der Waals surface area (Å²) in [6, 6.07) is 10.1. The molecule has 0 spiro atoms. The van der Waals surface area contributed by atoms with Gasteiger partial charge in [0.05, 0.1) is 25.4 Å². The van der Waals surface area contributed by atoms with Crippen molar-refractivity contribution in [2.24, 2.45) is 11.8 Å².